The third-order valence-electron chi connectivity index (χ3n) is 4.35. The Hall–Kier alpha value is -1.77. The molecule has 20 heavy (non-hydrogen) atoms. The second kappa shape index (κ2) is 5.31. The largest absolute Gasteiger partial charge is 0.381 e. The second-order valence-electron chi connectivity index (χ2n) is 6.55. The fraction of sp³-hybridized carbons (Fsp3) is 0.471. The maximum atomic E-state index is 4.34. The van der Waals surface area contributed by atoms with Crippen molar-refractivity contribution in [2.75, 3.05) is 5.32 Å². The van der Waals surface area contributed by atoms with Crippen molar-refractivity contribution in [3.63, 3.8) is 0 Å². The zero-order valence-electron chi connectivity index (χ0n) is 12.3. The van der Waals surface area contributed by atoms with E-state index in [-0.39, 0.29) is 0 Å². The molecule has 2 aromatic rings. The molecule has 0 spiro atoms. The Bertz CT molecular complexity index is 547. The van der Waals surface area contributed by atoms with E-state index in [2.05, 4.69) is 48.5 Å². The first kappa shape index (κ1) is 13.2. The summed E-state index contributed by atoms with van der Waals surface area (Å²) in [6.45, 7) is 4.75. The molecule has 3 rings (SSSR count). The predicted octanol–water partition coefficient (Wildman–Crippen LogP) is 4.25. The van der Waals surface area contributed by atoms with Crippen LogP contribution in [-0.2, 0) is 0 Å². The van der Waals surface area contributed by atoms with Crippen LogP contribution >= 0.6 is 0 Å². The van der Waals surface area contributed by atoms with Gasteiger partial charge in [-0.25, -0.2) is 4.68 Å². The van der Waals surface area contributed by atoms with Crippen LogP contribution in [0.1, 0.15) is 39.5 Å². The Morgan fingerprint density at radius 2 is 1.90 bits per heavy atom. The van der Waals surface area contributed by atoms with Gasteiger partial charge in [0.1, 0.15) is 0 Å². The van der Waals surface area contributed by atoms with E-state index in [1.807, 2.05) is 23.1 Å². The monoisotopic (exact) mass is 269 g/mol. The van der Waals surface area contributed by atoms with E-state index in [1.165, 1.54) is 31.4 Å². The Labute approximate surface area is 121 Å². The molecule has 1 heterocycles. The number of nitrogens with zero attached hydrogens (tertiary/aromatic N) is 2. The molecule has 0 bridgehead atoms. The number of para-hydroxylation sites is 2. The van der Waals surface area contributed by atoms with Crippen LogP contribution in [0.25, 0.3) is 5.69 Å². The van der Waals surface area contributed by atoms with Gasteiger partial charge in [0.05, 0.1) is 11.4 Å². The molecule has 0 aliphatic heterocycles. The van der Waals surface area contributed by atoms with Crippen LogP contribution in [0.3, 0.4) is 0 Å². The molecule has 0 atom stereocenters. The Morgan fingerprint density at radius 3 is 2.60 bits per heavy atom. The van der Waals surface area contributed by atoms with Gasteiger partial charge < -0.3 is 5.32 Å². The second-order valence-corrected chi connectivity index (χ2v) is 6.55. The number of hydrogen-bond acceptors (Lipinski definition) is 2. The van der Waals surface area contributed by atoms with Gasteiger partial charge in [0.15, 0.2) is 0 Å². The van der Waals surface area contributed by atoms with Crippen molar-refractivity contribution in [2.24, 2.45) is 5.41 Å². The van der Waals surface area contributed by atoms with Crippen molar-refractivity contribution >= 4 is 5.69 Å². The fourth-order valence-corrected chi connectivity index (χ4v) is 2.97. The predicted molar refractivity (Wildman–Crippen MR) is 83.2 cm³/mol. The SMILES string of the molecule is CC1(C)CCC(Nc2ccccc2-n2cccn2)CC1. The quantitative estimate of drug-likeness (QED) is 0.902. The smallest absolute Gasteiger partial charge is 0.0876 e. The average molecular weight is 269 g/mol. The van der Waals surface area contributed by atoms with E-state index in [1.54, 1.807) is 0 Å². The average Bonchev–Trinajstić information content (AvgIpc) is 2.96. The molecule has 1 fully saturated rings. The van der Waals surface area contributed by atoms with Crippen molar-refractivity contribution in [1.82, 2.24) is 9.78 Å². The third kappa shape index (κ3) is 2.87. The van der Waals surface area contributed by atoms with Crippen LogP contribution in [0.2, 0.25) is 0 Å². The summed E-state index contributed by atoms with van der Waals surface area (Å²) in [5, 5.41) is 8.05. The summed E-state index contributed by atoms with van der Waals surface area (Å²) >= 11 is 0. The summed E-state index contributed by atoms with van der Waals surface area (Å²) in [7, 11) is 0. The normalized spacial score (nSPS) is 18.9. The van der Waals surface area contributed by atoms with Crippen molar-refractivity contribution in [1.29, 1.82) is 0 Å². The van der Waals surface area contributed by atoms with Gasteiger partial charge in [-0.15, -0.1) is 0 Å². The third-order valence-corrected chi connectivity index (χ3v) is 4.35. The molecular formula is C17H23N3. The highest BCUT2D eigenvalue weighted by Crippen LogP contribution is 2.36. The van der Waals surface area contributed by atoms with E-state index >= 15 is 0 Å². The van der Waals surface area contributed by atoms with Crippen molar-refractivity contribution < 1.29 is 0 Å². The summed E-state index contributed by atoms with van der Waals surface area (Å²) in [4.78, 5) is 0. The zero-order chi connectivity index (χ0) is 14.0. The van der Waals surface area contributed by atoms with Gasteiger partial charge >= 0.3 is 0 Å². The van der Waals surface area contributed by atoms with Gasteiger partial charge in [-0.3, -0.25) is 0 Å². The Morgan fingerprint density at radius 1 is 1.15 bits per heavy atom. The number of nitrogens with one attached hydrogen (secondary N) is 1. The highest BCUT2D eigenvalue weighted by Gasteiger charge is 2.26. The van der Waals surface area contributed by atoms with Crippen LogP contribution in [0.15, 0.2) is 42.7 Å². The number of aromatic nitrogens is 2. The first-order valence-corrected chi connectivity index (χ1v) is 7.50. The lowest BCUT2D eigenvalue weighted by Crippen LogP contribution is -2.30. The summed E-state index contributed by atoms with van der Waals surface area (Å²) in [5.41, 5.74) is 2.82. The fourth-order valence-electron chi connectivity index (χ4n) is 2.97. The first-order valence-electron chi connectivity index (χ1n) is 7.50. The van der Waals surface area contributed by atoms with E-state index in [9.17, 15) is 0 Å². The zero-order valence-corrected chi connectivity index (χ0v) is 12.3. The molecule has 1 aromatic heterocycles. The molecule has 0 unspecified atom stereocenters. The van der Waals surface area contributed by atoms with Crippen LogP contribution in [0.4, 0.5) is 5.69 Å². The van der Waals surface area contributed by atoms with Crippen molar-refractivity contribution in [3.8, 4) is 5.69 Å². The van der Waals surface area contributed by atoms with Gasteiger partial charge in [0.2, 0.25) is 0 Å². The number of hydrogen-bond donors (Lipinski definition) is 1. The highest BCUT2D eigenvalue weighted by molar-refractivity contribution is 5.61. The summed E-state index contributed by atoms with van der Waals surface area (Å²) < 4.78 is 1.93. The molecule has 1 aliphatic rings. The maximum Gasteiger partial charge on any atom is 0.0876 e. The van der Waals surface area contributed by atoms with Crippen LogP contribution in [0.5, 0.6) is 0 Å². The van der Waals surface area contributed by atoms with Gasteiger partial charge in [-0.2, -0.15) is 5.10 Å². The van der Waals surface area contributed by atoms with Gasteiger partial charge in [0, 0.05) is 18.4 Å². The molecule has 0 radical (unpaired) electrons. The standard InChI is InChI=1S/C17H23N3/c1-17(2)10-8-14(9-11-17)19-15-6-3-4-7-16(15)20-13-5-12-18-20/h3-7,12-14,19H,8-11H2,1-2H3. The first-order chi connectivity index (χ1) is 9.64. The van der Waals surface area contributed by atoms with Crippen LogP contribution in [-0.4, -0.2) is 15.8 Å². The van der Waals surface area contributed by atoms with E-state index in [0.29, 0.717) is 11.5 Å². The van der Waals surface area contributed by atoms with E-state index < -0.39 is 0 Å². The lowest BCUT2D eigenvalue weighted by atomic mass is 9.75. The molecule has 0 saturated heterocycles. The molecule has 1 saturated carbocycles. The molecule has 106 valence electrons. The molecular weight excluding hydrogens is 246 g/mol. The topological polar surface area (TPSA) is 29.9 Å². The summed E-state index contributed by atoms with van der Waals surface area (Å²) in [5.74, 6) is 0. The van der Waals surface area contributed by atoms with Crippen molar-refractivity contribution in [2.45, 2.75) is 45.6 Å². The number of benzene rings is 1. The number of rotatable bonds is 3. The lowest BCUT2D eigenvalue weighted by Gasteiger charge is -2.35. The van der Waals surface area contributed by atoms with E-state index in [0.717, 1.165) is 5.69 Å². The molecule has 3 nitrogen and oxygen atoms in total. The Kier molecular flexibility index (Phi) is 3.51. The Balaban J connectivity index is 1.75. The lowest BCUT2D eigenvalue weighted by molar-refractivity contribution is 0.232. The molecule has 3 heteroatoms. The highest BCUT2D eigenvalue weighted by atomic mass is 15.3. The maximum absolute atomic E-state index is 4.34. The van der Waals surface area contributed by atoms with Crippen LogP contribution in [0, 0.1) is 5.41 Å². The molecule has 1 aromatic carbocycles. The van der Waals surface area contributed by atoms with Gasteiger partial charge in [-0.05, 0) is 49.3 Å². The van der Waals surface area contributed by atoms with Crippen molar-refractivity contribution in [3.05, 3.63) is 42.7 Å². The van der Waals surface area contributed by atoms with Gasteiger partial charge in [-0.1, -0.05) is 26.0 Å². The van der Waals surface area contributed by atoms with E-state index in [4.69, 9.17) is 0 Å². The number of anilines is 1. The molecule has 1 aliphatic carbocycles. The molecule has 1 N–H and O–H groups in total. The van der Waals surface area contributed by atoms with Crippen LogP contribution < -0.4 is 5.32 Å². The molecule has 0 amide bonds. The minimum atomic E-state index is 0.514. The van der Waals surface area contributed by atoms with Gasteiger partial charge in [0.25, 0.3) is 0 Å². The summed E-state index contributed by atoms with van der Waals surface area (Å²) in [6, 6.07) is 11.0. The minimum Gasteiger partial charge on any atom is -0.381 e. The minimum absolute atomic E-state index is 0.514. The summed E-state index contributed by atoms with van der Waals surface area (Å²) in [6.07, 6.45) is 8.91.